The minimum atomic E-state index is 1.01. The minimum absolute atomic E-state index is 1.01. The third-order valence-electron chi connectivity index (χ3n) is 3.56. The molecule has 0 saturated heterocycles. The van der Waals surface area contributed by atoms with E-state index in [4.69, 9.17) is 0 Å². The molecule has 0 radical (unpaired) electrons. The molecule has 2 heteroatoms. The Morgan fingerprint density at radius 1 is 0.882 bits per heavy atom. The van der Waals surface area contributed by atoms with Gasteiger partial charge in [-0.1, -0.05) is 64.7 Å². The van der Waals surface area contributed by atoms with E-state index >= 15 is 0 Å². The summed E-state index contributed by atoms with van der Waals surface area (Å²) in [5, 5.41) is 0. The Labute approximate surface area is 107 Å². The highest BCUT2D eigenvalue weighted by molar-refractivity contribution is 5.56. The Morgan fingerprint density at radius 2 is 1.47 bits per heavy atom. The first-order chi connectivity index (χ1) is 8.43. The fraction of sp³-hybridized carbons (Fsp3) is 0.933. The quantitative estimate of drug-likeness (QED) is 0.491. The normalized spacial score (nSPS) is 14.8. The Hall–Kier alpha value is -0.530. The average Bonchev–Trinajstić information content (AvgIpc) is 2.85. The number of aliphatic imine (C=N–C) groups is 1. The predicted molar refractivity (Wildman–Crippen MR) is 76.8 cm³/mol. The van der Waals surface area contributed by atoms with E-state index in [0.29, 0.717) is 0 Å². The van der Waals surface area contributed by atoms with Crippen LogP contribution in [-0.2, 0) is 0 Å². The summed E-state index contributed by atoms with van der Waals surface area (Å²) in [5.74, 6) is 0. The Bertz CT molecular complexity index is 189. The molecule has 1 rings (SSSR count). The van der Waals surface area contributed by atoms with Crippen molar-refractivity contribution in [1.29, 1.82) is 0 Å². The van der Waals surface area contributed by atoms with Crippen LogP contribution < -0.4 is 0 Å². The van der Waals surface area contributed by atoms with Gasteiger partial charge in [-0.3, -0.25) is 4.99 Å². The van der Waals surface area contributed by atoms with E-state index in [0.717, 1.165) is 13.1 Å². The van der Waals surface area contributed by atoms with E-state index in [1.807, 2.05) is 6.34 Å². The molecular formula is C15H30N2. The van der Waals surface area contributed by atoms with Crippen LogP contribution in [0.2, 0.25) is 0 Å². The first-order valence-electron chi connectivity index (χ1n) is 7.67. The van der Waals surface area contributed by atoms with Crippen LogP contribution >= 0.6 is 0 Å². The highest BCUT2D eigenvalue weighted by atomic mass is 15.2. The molecule has 0 aromatic rings. The lowest BCUT2D eigenvalue weighted by atomic mass is 10.1. The van der Waals surface area contributed by atoms with Crippen LogP contribution in [0.3, 0.4) is 0 Å². The van der Waals surface area contributed by atoms with Gasteiger partial charge in [-0.2, -0.15) is 0 Å². The van der Waals surface area contributed by atoms with E-state index in [-0.39, 0.29) is 0 Å². The van der Waals surface area contributed by atoms with Crippen molar-refractivity contribution in [2.45, 2.75) is 71.1 Å². The van der Waals surface area contributed by atoms with Crippen molar-refractivity contribution in [2.75, 3.05) is 19.6 Å². The molecule has 1 heterocycles. The maximum absolute atomic E-state index is 4.23. The smallest absolute Gasteiger partial charge is 0.0851 e. The molecule has 0 bridgehead atoms. The van der Waals surface area contributed by atoms with E-state index in [1.165, 1.54) is 70.8 Å². The van der Waals surface area contributed by atoms with Crippen LogP contribution in [0.4, 0.5) is 0 Å². The van der Waals surface area contributed by atoms with Crippen LogP contribution in [0.1, 0.15) is 71.1 Å². The van der Waals surface area contributed by atoms with Crippen molar-refractivity contribution >= 4 is 6.34 Å². The predicted octanol–water partition coefficient (Wildman–Crippen LogP) is 4.25. The molecule has 0 aliphatic carbocycles. The number of hydrogen-bond acceptors (Lipinski definition) is 2. The van der Waals surface area contributed by atoms with Crippen molar-refractivity contribution in [1.82, 2.24) is 4.90 Å². The third kappa shape index (κ3) is 8.23. The second-order valence-corrected chi connectivity index (χ2v) is 5.24. The van der Waals surface area contributed by atoms with Gasteiger partial charge in [0.2, 0.25) is 0 Å². The van der Waals surface area contributed by atoms with Gasteiger partial charge in [-0.25, -0.2) is 0 Å². The van der Waals surface area contributed by atoms with Crippen molar-refractivity contribution < 1.29 is 0 Å². The topological polar surface area (TPSA) is 15.6 Å². The first-order valence-corrected chi connectivity index (χ1v) is 7.67. The molecule has 0 fully saturated rings. The summed E-state index contributed by atoms with van der Waals surface area (Å²) in [6.07, 6.45) is 16.3. The minimum Gasteiger partial charge on any atom is -0.361 e. The van der Waals surface area contributed by atoms with Crippen molar-refractivity contribution in [2.24, 2.45) is 4.99 Å². The fourth-order valence-corrected chi connectivity index (χ4v) is 2.39. The van der Waals surface area contributed by atoms with Gasteiger partial charge in [0.1, 0.15) is 0 Å². The Balaban J connectivity index is 1.71. The maximum Gasteiger partial charge on any atom is 0.0851 e. The third-order valence-corrected chi connectivity index (χ3v) is 3.56. The molecule has 0 amide bonds. The van der Waals surface area contributed by atoms with Gasteiger partial charge >= 0.3 is 0 Å². The SMILES string of the molecule is CCCCCCCCCCCCN1C=NCC1. The van der Waals surface area contributed by atoms with Gasteiger partial charge in [0, 0.05) is 13.1 Å². The van der Waals surface area contributed by atoms with Crippen LogP contribution in [0.15, 0.2) is 4.99 Å². The van der Waals surface area contributed by atoms with Gasteiger partial charge < -0.3 is 4.90 Å². The summed E-state index contributed by atoms with van der Waals surface area (Å²) in [7, 11) is 0. The number of unbranched alkanes of at least 4 members (excludes halogenated alkanes) is 9. The fourth-order valence-electron chi connectivity index (χ4n) is 2.39. The standard InChI is InChI=1S/C15H30N2/c1-2-3-4-5-6-7-8-9-10-11-13-17-14-12-16-15-17/h15H,2-14H2,1H3. The number of hydrogen-bond donors (Lipinski definition) is 0. The summed E-state index contributed by atoms with van der Waals surface area (Å²) < 4.78 is 0. The number of rotatable bonds is 11. The summed E-state index contributed by atoms with van der Waals surface area (Å²) in [6, 6.07) is 0. The lowest BCUT2D eigenvalue weighted by molar-refractivity contribution is 0.438. The van der Waals surface area contributed by atoms with Crippen molar-refractivity contribution in [3.05, 3.63) is 0 Å². The molecule has 0 saturated carbocycles. The highest BCUT2D eigenvalue weighted by Crippen LogP contribution is 2.10. The van der Waals surface area contributed by atoms with E-state index in [2.05, 4.69) is 16.8 Å². The first kappa shape index (κ1) is 14.5. The molecule has 0 atom stereocenters. The monoisotopic (exact) mass is 238 g/mol. The Morgan fingerprint density at radius 3 is 2.00 bits per heavy atom. The van der Waals surface area contributed by atoms with E-state index in [9.17, 15) is 0 Å². The van der Waals surface area contributed by atoms with Crippen LogP contribution in [0, 0.1) is 0 Å². The van der Waals surface area contributed by atoms with Gasteiger partial charge in [0.25, 0.3) is 0 Å². The van der Waals surface area contributed by atoms with Gasteiger partial charge in [-0.05, 0) is 6.42 Å². The van der Waals surface area contributed by atoms with Gasteiger partial charge in [0.15, 0.2) is 0 Å². The lowest BCUT2D eigenvalue weighted by Crippen LogP contribution is -2.20. The zero-order valence-corrected chi connectivity index (χ0v) is 11.7. The van der Waals surface area contributed by atoms with Crippen LogP contribution in [0.25, 0.3) is 0 Å². The van der Waals surface area contributed by atoms with Crippen molar-refractivity contribution in [3.8, 4) is 0 Å². The summed E-state index contributed by atoms with van der Waals surface area (Å²) in [6.45, 7) is 5.67. The second kappa shape index (κ2) is 10.6. The molecule has 17 heavy (non-hydrogen) atoms. The summed E-state index contributed by atoms with van der Waals surface area (Å²) >= 11 is 0. The molecule has 0 aromatic heterocycles. The Kier molecular flexibility index (Phi) is 9.07. The molecule has 1 aliphatic rings. The molecule has 0 unspecified atom stereocenters. The molecule has 0 N–H and O–H groups in total. The maximum atomic E-state index is 4.23. The number of nitrogens with zero attached hydrogens (tertiary/aromatic N) is 2. The van der Waals surface area contributed by atoms with Crippen LogP contribution in [-0.4, -0.2) is 30.9 Å². The molecule has 100 valence electrons. The van der Waals surface area contributed by atoms with Crippen LogP contribution in [0.5, 0.6) is 0 Å². The summed E-state index contributed by atoms with van der Waals surface area (Å²) in [5.41, 5.74) is 0. The average molecular weight is 238 g/mol. The second-order valence-electron chi connectivity index (χ2n) is 5.24. The zero-order chi connectivity index (χ0) is 12.2. The van der Waals surface area contributed by atoms with Gasteiger partial charge in [-0.15, -0.1) is 0 Å². The molecule has 0 spiro atoms. The largest absolute Gasteiger partial charge is 0.361 e. The van der Waals surface area contributed by atoms with E-state index < -0.39 is 0 Å². The highest BCUT2D eigenvalue weighted by Gasteiger charge is 2.03. The van der Waals surface area contributed by atoms with Gasteiger partial charge in [0.05, 0.1) is 12.9 Å². The lowest BCUT2D eigenvalue weighted by Gasteiger charge is -2.12. The zero-order valence-electron chi connectivity index (χ0n) is 11.7. The molecule has 1 aliphatic heterocycles. The molecule has 0 aromatic carbocycles. The molecule has 2 nitrogen and oxygen atoms in total. The van der Waals surface area contributed by atoms with E-state index in [1.54, 1.807) is 0 Å². The summed E-state index contributed by atoms with van der Waals surface area (Å²) in [4.78, 5) is 6.58. The molecular weight excluding hydrogens is 208 g/mol. The van der Waals surface area contributed by atoms with Crippen molar-refractivity contribution in [3.63, 3.8) is 0 Å².